The standard InChI is InChI=1S/C14H29N3/c1-16(14-5-3-2-4-6-14)11-13-7-9-17(12-13)10-8-15/h13-14H,2-12,15H2,1H3. The molecule has 1 saturated heterocycles. The van der Waals surface area contributed by atoms with Crippen LogP contribution < -0.4 is 5.73 Å². The van der Waals surface area contributed by atoms with E-state index in [1.807, 2.05) is 0 Å². The lowest BCUT2D eigenvalue weighted by molar-refractivity contribution is 0.166. The third-order valence-corrected chi connectivity index (χ3v) is 4.56. The maximum Gasteiger partial charge on any atom is 0.0105 e. The summed E-state index contributed by atoms with van der Waals surface area (Å²) < 4.78 is 0. The fraction of sp³-hybridized carbons (Fsp3) is 1.00. The Bertz CT molecular complexity index is 214. The molecule has 17 heavy (non-hydrogen) atoms. The molecule has 1 aliphatic carbocycles. The Labute approximate surface area is 106 Å². The Hall–Kier alpha value is -0.120. The summed E-state index contributed by atoms with van der Waals surface area (Å²) in [5.41, 5.74) is 5.62. The molecule has 100 valence electrons. The lowest BCUT2D eigenvalue weighted by Crippen LogP contribution is -2.37. The zero-order valence-corrected chi connectivity index (χ0v) is 11.4. The van der Waals surface area contributed by atoms with Crippen LogP contribution in [-0.2, 0) is 0 Å². The predicted molar refractivity (Wildman–Crippen MR) is 73.1 cm³/mol. The highest BCUT2D eigenvalue weighted by Crippen LogP contribution is 2.24. The van der Waals surface area contributed by atoms with Gasteiger partial charge in [-0.15, -0.1) is 0 Å². The lowest BCUT2D eigenvalue weighted by Gasteiger charge is -2.32. The van der Waals surface area contributed by atoms with Crippen LogP contribution in [0.25, 0.3) is 0 Å². The molecule has 1 heterocycles. The van der Waals surface area contributed by atoms with Crippen molar-refractivity contribution in [3.8, 4) is 0 Å². The van der Waals surface area contributed by atoms with Gasteiger partial charge in [0, 0.05) is 32.2 Å². The average molecular weight is 239 g/mol. The van der Waals surface area contributed by atoms with E-state index in [9.17, 15) is 0 Å². The van der Waals surface area contributed by atoms with Gasteiger partial charge in [-0.05, 0) is 38.8 Å². The summed E-state index contributed by atoms with van der Waals surface area (Å²) in [5.74, 6) is 0.883. The molecule has 1 aliphatic heterocycles. The van der Waals surface area contributed by atoms with Crippen molar-refractivity contribution < 1.29 is 0 Å². The molecule has 0 aromatic carbocycles. The highest BCUT2D eigenvalue weighted by Gasteiger charge is 2.25. The zero-order chi connectivity index (χ0) is 12.1. The summed E-state index contributed by atoms with van der Waals surface area (Å²) >= 11 is 0. The van der Waals surface area contributed by atoms with Gasteiger partial charge in [-0.2, -0.15) is 0 Å². The summed E-state index contributed by atoms with van der Waals surface area (Å²) in [5, 5.41) is 0. The summed E-state index contributed by atoms with van der Waals surface area (Å²) in [4.78, 5) is 5.16. The van der Waals surface area contributed by atoms with E-state index in [-0.39, 0.29) is 0 Å². The Morgan fingerprint density at radius 3 is 2.65 bits per heavy atom. The Morgan fingerprint density at radius 1 is 1.18 bits per heavy atom. The van der Waals surface area contributed by atoms with Crippen molar-refractivity contribution in [2.45, 2.75) is 44.6 Å². The van der Waals surface area contributed by atoms with Crippen molar-refractivity contribution in [1.82, 2.24) is 9.80 Å². The van der Waals surface area contributed by atoms with Crippen molar-refractivity contribution in [2.24, 2.45) is 11.7 Å². The SMILES string of the molecule is CN(CC1CCN(CCN)C1)C1CCCCC1. The van der Waals surface area contributed by atoms with Crippen LogP contribution in [0.2, 0.25) is 0 Å². The highest BCUT2D eigenvalue weighted by atomic mass is 15.2. The normalized spacial score (nSPS) is 28.1. The van der Waals surface area contributed by atoms with Crippen LogP contribution in [0.3, 0.4) is 0 Å². The second-order valence-electron chi connectivity index (χ2n) is 5.98. The van der Waals surface area contributed by atoms with Gasteiger partial charge in [0.1, 0.15) is 0 Å². The van der Waals surface area contributed by atoms with Crippen LogP contribution in [0.1, 0.15) is 38.5 Å². The smallest absolute Gasteiger partial charge is 0.0105 e. The van der Waals surface area contributed by atoms with Crippen molar-refractivity contribution >= 4 is 0 Å². The summed E-state index contributed by atoms with van der Waals surface area (Å²) in [6, 6.07) is 0.868. The van der Waals surface area contributed by atoms with Crippen LogP contribution in [0, 0.1) is 5.92 Å². The largest absolute Gasteiger partial charge is 0.329 e. The molecule has 0 aromatic heterocycles. The first kappa shape index (κ1) is 13.3. The second-order valence-corrected chi connectivity index (χ2v) is 5.98. The maximum atomic E-state index is 5.62. The Balaban J connectivity index is 1.69. The molecule has 0 aromatic rings. The monoisotopic (exact) mass is 239 g/mol. The lowest BCUT2D eigenvalue weighted by atomic mass is 9.94. The highest BCUT2D eigenvalue weighted by molar-refractivity contribution is 4.81. The van der Waals surface area contributed by atoms with Crippen LogP contribution >= 0.6 is 0 Å². The molecule has 3 nitrogen and oxygen atoms in total. The molecule has 2 rings (SSSR count). The number of hydrogen-bond donors (Lipinski definition) is 1. The first-order valence-corrected chi connectivity index (χ1v) is 7.42. The summed E-state index contributed by atoms with van der Waals surface area (Å²) in [7, 11) is 2.33. The van der Waals surface area contributed by atoms with E-state index in [0.29, 0.717) is 0 Å². The van der Waals surface area contributed by atoms with E-state index in [1.54, 1.807) is 0 Å². The molecule has 2 fully saturated rings. The molecule has 0 bridgehead atoms. The van der Waals surface area contributed by atoms with Gasteiger partial charge in [-0.1, -0.05) is 19.3 Å². The fourth-order valence-electron chi connectivity index (χ4n) is 3.53. The third kappa shape index (κ3) is 3.94. The average Bonchev–Trinajstić information content (AvgIpc) is 2.78. The third-order valence-electron chi connectivity index (χ3n) is 4.56. The fourth-order valence-corrected chi connectivity index (χ4v) is 3.53. The molecule has 3 heteroatoms. The topological polar surface area (TPSA) is 32.5 Å². The van der Waals surface area contributed by atoms with Crippen LogP contribution in [-0.4, -0.2) is 55.6 Å². The molecular weight excluding hydrogens is 210 g/mol. The predicted octanol–water partition coefficient (Wildman–Crippen LogP) is 1.53. The maximum absolute atomic E-state index is 5.62. The van der Waals surface area contributed by atoms with Crippen molar-refractivity contribution in [3.63, 3.8) is 0 Å². The van der Waals surface area contributed by atoms with E-state index in [0.717, 1.165) is 25.0 Å². The molecule has 0 amide bonds. The van der Waals surface area contributed by atoms with Gasteiger partial charge in [0.25, 0.3) is 0 Å². The first-order chi connectivity index (χ1) is 8.29. The minimum absolute atomic E-state index is 0.811. The van der Waals surface area contributed by atoms with Gasteiger partial charge in [0.05, 0.1) is 0 Å². The van der Waals surface area contributed by atoms with Crippen molar-refractivity contribution in [2.75, 3.05) is 39.8 Å². The minimum Gasteiger partial charge on any atom is -0.329 e. The molecule has 1 saturated carbocycles. The van der Waals surface area contributed by atoms with Gasteiger partial charge in [-0.3, -0.25) is 0 Å². The van der Waals surface area contributed by atoms with Crippen LogP contribution in [0.15, 0.2) is 0 Å². The number of nitrogens with zero attached hydrogens (tertiary/aromatic N) is 2. The molecule has 2 N–H and O–H groups in total. The van der Waals surface area contributed by atoms with E-state index in [2.05, 4.69) is 16.8 Å². The quantitative estimate of drug-likeness (QED) is 0.790. The van der Waals surface area contributed by atoms with Gasteiger partial charge in [0.15, 0.2) is 0 Å². The number of rotatable bonds is 5. The van der Waals surface area contributed by atoms with E-state index >= 15 is 0 Å². The van der Waals surface area contributed by atoms with E-state index in [4.69, 9.17) is 5.73 Å². The summed E-state index contributed by atoms with van der Waals surface area (Å²) in [6.45, 7) is 5.73. The number of nitrogens with two attached hydrogens (primary N) is 1. The van der Waals surface area contributed by atoms with E-state index < -0.39 is 0 Å². The van der Waals surface area contributed by atoms with Crippen molar-refractivity contribution in [3.05, 3.63) is 0 Å². The van der Waals surface area contributed by atoms with Crippen LogP contribution in [0.4, 0.5) is 0 Å². The Kier molecular flexibility index (Phi) is 5.26. The van der Waals surface area contributed by atoms with Gasteiger partial charge in [0.2, 0.25) is 0 Å². The first-order valence-electron chi connectivity index (χ1n) is 7.42. The van der Waals surface area contributed by atoms with Gasteiger partial charge < -0.3 is 15.5 Å². The van der Waals surface area contributed by atoms with Gasteiger partial charge in [-0.25, -0.2) is 0 Å². The number of hydrogen-bond acceptors (Lipinski definition) is 3. The molecule has 2 aliphatic rings. The van der Waals surface area contributed by atoms with Crippen LogP contribution in [0.5, 0.6) is 0 Å². The van der Waals surface area contributed by atoms with E-state index in [1.165, 1.54) is 58.2 Å². The number of likely N-dealkylation sites (tertiary alicyclic amines) is 1. The molecule has 1 atom stereocenters. The zero-order valence-electron chi connectivity index (χ0n) is 11.4. The van der Waals surface area contributed by atoms with Crippen molar-refractivity contribution in [1.29, 1.82) is 0 Å². The molecular formula is C14H29N3. The Morgan fingerprint density at radius 2 is 1.94 bits per heavy atom. The molecule has 0 radical (unpaired) electrons. The van der Waals surface area contributed by atoms with Gasteiger partial charge >= 0.3 is 0 Å². The second kappa shape index (κ2) is 6.72. The minimum atomic E-state index is 0.811. The molecule has 1 unspecified atom stereocenters. The molecule has 0 spiro atoms. The summed E-state index contributed by atoms with van der Waals surface area (Å²) in [6.07, 6.45) is 8.57.